The van der Waals surface area contributed by atoms with Crippen molar-refractivity contribution in [1.29, 1.82) is 0 Å². The molecule has 0 radical (unpaired) electrons. The standard InChI is InChI=1S/C17H18FN3/c1-21-16-10-6-5-9-14(16)15(20-21)11-17(18,12-19)13-7-3-2-4-8-13/h2-10H,11-12,19H2,1H3. The first-order valence-electron chi connectivity index (χ1n) is 6.99. The Labute approximate surface area is 123 Å². The van der Waals surface area contributed by atoms with Crippen molar-refractivity contribution >= 4 is 10.9 Å². The van der Waals surface area contributed by atoms with E-state index in [2.05, 4.69) is 5.10 Å². The van der Waals surface area contributed by atoms with E-state index in [0.717, 1.165) is 16.6 Å². The quantitative estimate of drug-likeness (QED) is 0.800. The summed E-state index contributed by atoms with van der Waals surface area (Å²) in [5, 5.41) is 5.45. The van der Waals surface area contributed by atoms with Gasteiger partial charge in [0, 0.05) is 25.4 Å². The minimum Gasteiger partial charge on any atom is -0.327 e. The summed E-state index contributed by atoms with van der Waals surface area (Å²) >= 11 is 0. The topological polar surface area (TPSA) is 43.8 Å². The van der Waals surface area contributed by atoms with Gasteiger partial charge in [-0.05, 0) is 11.6 Å². The molecular weight excluding hydrogens is 265 g/mol. The molecule has 1 heterocycles. The number of hydrogen-bond acceptors (Lipinski definition) is 2. The van der Waals surface area contributed by atoms with Crippen molar-refractivity contribution < 1.29 is 4.39 Å². The molecule has 1 aromatic heterocycles. The van der Waals surface area contributed by atoms with E-state index in [1.165, 1.54) is 0 Å². The Kier molecular flexibility index (Phi) is 3.47. The summed E-state index contributed by atoms with van der Waals surface area (Å²) in [6, 6.07) is 16.9. The first-order chi connectivity index (χ1) is 10.1. The molecule has 2 N–H and O–H groups in total. The number of benzene rings is 2. The van der Waals surface area contributed by atoms with Gasteiger partial charge in [-0.2, -0.15) is 5.10 Å². The number of alkyl halides is 1. The second-order valence-electron chi connectivity index (χ2n) is 5.30. The van der Waals surface area contributed by atoms with Crippen LogP contribution in [0.25, 0.3) is 10.9 Å². The predicted octanol–water partition coefficient (Wildman–Crippen LogP) is 2.94. The Morgan fingerprint density at radius 1 is 1.10 bits per heavy atom. The Morgan fingerprint density at radius 2 is 1.76 bits per heavy atom. The molecule has 0 saturated heterocycles. The molecule has 2 aromatic carbocycles. The van der Waals surface area contributed by atoms with Gasteiger partial charge in [0.1, 0.15) is 0 Å². The summed E-state index contributed by atoms with van der Waals surface area (Å²) < 4.78 is 17.1. The van der Waals surface area contributed by atoms with Crippen molar-refractivity contribution in [2.24, 2.45) is 12.8 Å². The normalized spacial score (nSPS) is 14.2. The zero-order valence-corrected chi connectivity index (χ0v) is 12.0. The highest BCUT2D eigenvalue weighted by molar-refractivity contribution is 5.82. The van der Waals surface area contributed by atoms with E-state index in [-0.39, 0.29) is 13.0 Å². The second kappa shape index (κ2) is 5.30. The van der Waals surface area contributed by atoms with Crippen molar-refractivity contribution in [2.75, 3.05) is 6.54 Å². The number of para-hydroxylation sites is 1. The van der Waals surface area contributed by atoms with Gasteiger partial charge in [-0.25, -0.2) is 4.39 Å². The molecule has 0 fully saturated rings. The third-order valence-electron chi connectivity index (χ3n) is 3.90. The van der Waals surface area contributed by atoms with Crippen molar-refractivity contribution in [3.8, 4) is 0 Å². The lowest BCUT2D eigenvalue weighted by molar-refractivity contribution is 0.174. The molecule has 0 bridgehead atoms. The molecular formula is C17H18FN3. The van der Waals surface area contributed by atoms with E-state index in [4.69, 9.17) is 5.73 Å². The molecule has 21 heavy (non-hydrogen) atoms. The van der Waals surface area contributed by atoms with E-state index in [1.54, 1.807) is 16.8 Å². The number of nitrogens with two attached hydrogens (primary N) is 1. The highest BCUT2D eigenvalue weighted by Crippen LogP contribution is 2.31. The van der Waals surface area contributed by atoms with E-state index in [9.17, 15) is 0 Å². The van der Waals surface area contributed by atoms with Gasteiger partial charge in [0.25, 0.3) is 0 Å². The lowest BCUT2D eigenvalue weighted by Gasteiger charge is -2.23. The van der Waals surface area contributed by atoms with Crippen LogP contribution in [0.5, 0.6) is 0 Å². The molecule has 0 aliphatic heterocycles. The van der Waals surface area contributed by atoms with E-state index >= 15 is 4.39 Å². The van der Waals surface area contributed by atoms with Gasteiger partial charge in [0.05, 0.1) is 11.2 Å². The highest BCUT2D eigenvalue weighted by Gasteiger charge is 2.32. The molecule has 3 rings (SSSR count). The molecule has 0 aliphatic carbocycles. The van der Waals surface area contributed by atoms with Gasteiger partial charge in [0.2, 0.25) is 0 Å². The van der Waals surface area contributed by atoms with Gasteiger partial charge in [-0.3, -0.25) is 4.68 Å². The lowest BCUT2D eigenvalue weighted by atomic mass is 9.90. The molecule has 108 valence electrons. The average molecular weight is 283 g/mol. The minimum atomic E-state index is -1.60. The number of halogens is 1. The molecule has 0 aliphatic rings. The average Bonchev–Trinajstić information content (AvgIpc) is 2.85. The van der Waals surface area contributed by atoms with Gasteiger partial charge >= 0.3 is 0 Å². The van der Waals surface area contributed by atoms with Crippen LogP contribution >= 0.6 is 0 Å². The third kappa shape index (κ3) is 2.43. The van der Waals surface area contributed by atoms with Gasteiger partial charge < -0.3 is 5.73 Å². The van der Waals surface area contributed by atoms with Gasteiger partial charge in [-0.15, -0.1) is 0 Å². The SMILES string of the molecule is Cn1nc(CC(F)(CN)c2ccccc2)c2ccccc21. The van der Waals surface area contributed by atoms with Crippen LogP contribution in [0.4, 0.5) is 4.39 Å². The zero-order valence-electron chi connectivity index (χ0n) is 12.0. The van der Waals surface area contributed by atoms with Crippen LogP contribution in [0.15, 0.2) is 54.6 Å². The number of fused-ring (bicyclic) bond motifs is 1. The fraction of sp³-hybridized carbons (Fsp3) is 0.235. The molecule has 4 heteroatoms. The first kappa shape index (κ1) is 13.8. The summed E-state index contributed by atoms with van der Waals surface area (Å²) in [7, 11) is 1.87. The van der Waals surface area contributed by atoms with Gasteiger partial charge in [0.15, 0.2) is 5.67 Å². The van der Waals surface area contributed by atoms with E-state index in [0.29, 0.717) is 5.56 Å². The lowest BCUT2D eigenvalue weighted by Crippen LogP contribution is -2.33. The predicted molar refractivity (Wildman–Crippen MR) is 82.7 cm³/mol. The largest absolute Gasteiger partial charge is 0.327 e. The van der Waals surface area contributed by atoms with Crippen LogP contribution < -0.4 is 5.73 Å². The van der Waals surface area contributed by atoms with E-state index in [1.807, 2.05) is 49.5 Å². The first-order valence-corrected chi connectivity index (χ1v) is 6.99. The molecule has 0 spiro atoms. The molecule has 1 atom stereocenters. The fourth-order valence-electron chi connectivity index (χ4n) is 2.71. The van der Waals surface area contributed by atoms with Crippen LogP contribution in [-0.4, -0.2) is 16.3 Å². The van der Waals surface area contributed by atoms with Crippen LogP contribution in [-0.2, 0) is 19.1 Å². The fourth-order valence-corrected chi connectivity index (χ4v) is 2.71. The maximum atomic E-state index is 15.3. The Bertz CT molecular complexity index is 751. The second-order valence-corrected chi connectivity index (χ2v) is 5.30. The summed E-state index contributed by atoms with van der Waals surface area (Å²) in [4.78, 5) is 0. The Balaban J connectivity index is 2.04. The van der Waals surface area contributed by atoms with Gasteiger partial charge in [-0.1, -0.05) is 48.5 Å². The minimum absolute atomic E-state index is 0.0675. The number of nitrogens with zero attached hydrogens (tertiary/aromatic N) is 2. The summed E-state index contributed by atoms with van der Waals surface area (Å²) in [6.45, 7) is -0.0675. The van der Waals surface area contributed by atoms with Crippen molar-refractivity contribution in [2.45, 2.75) is 12.1 Å². The third-order valence-corrected chi connectivity index (χ3v) is 3.90. The number of aromatic nitrogens is 2. The summed E-state index contributed by atoms with van der Waals surface area (Å²) in [6.07, 6.45) is 0.175. The maximum Gasteiger partial charge on any atom is 0.153 e. The monoisotopic (exact) mass is 283 g/mol. The van der Waals surface area contributed by atoms with Crippen molar-refractivity contribution in [3.05, 3.63) is 65.9 Å². The molecule has 3 nitrogen and oxygen atoms in total. The van der Waals surface area contributed by atoms with Crippen LogP contribution in [0, 0.1) is 0 Å². The highest BCUT2D eigenvalue weighted by atomic mass is 19.1. The number of hydrogen-bond donors (Lipinski definition) is 1. The van der Waals surface area contributed by atoms with Crippen molar-refractivity contribution in [3.63, 3.8) is 0 Å². The molecule has 0 saturated carbocycles. The van der Waals surface area contributed by atoms with E-state index < -0.39 is 5.67 Å². The van der Waals surface area contributed by atoms with Crippen LogP contribution in [0.1, 0.15) is 11.3 Å². The van der Waals surface area contributed by atoms with Crippen LogP contribution in [0.2, 0.25) is 0 Å². The van der Waals surface area contributed by atoms with Crippen molar-refractivity contribution in [1.82, 2.24) is 9.78 Å². The maximum absolute atomic E-state index is 15.3. The zero-order chi connectivity index (χ0) is 14.9. The summed E-state index contributed by atoms with van der Waals surface area (Å²) in [5.41, 5.74) is 6.47. The Hall–Kier alpha value is -2.20. The smallest absolute Gasteiger partial charge is 0.153 e. The number of aryl methyl sites for hydroxylation is 1. The summed E-state index contributed by atoms with van der Waals surface area (Å²) in [5.74, 6) is 0. The molecule has 0 amide bonds. The molecule has 3 aromatic rings. The Morgan fingerprint density at radius 3 is 2.48 bits per heavy atom. The van der Waals surface area contributed by atoms with Crippen LogP contribution in [0.3, 0.4) is 0 Å². The molecule has 1 unspecified atom stereocenters. The number of rotatable bonds is 4.